The first-order valence-electron chi connectivity index (χ1n) is 5.91. The van der Waals surface area contributed by atoms with Gasteiger partial charge in [-0.3, -0.25) is 25.0 Å². The van der Waals surface area contributed by atoms with Crippen molar-refractivity contribution in [3.05, 3.63) is 33.9 Å². The standard InChI is InChI=1S/C12H12N2O8/c15-9-2-1-6(4-8(9)14(21)22)3-7(11(17)18)13-5-10(16)12(19)20/h1-2,4,7,13,15H,3,5H2,(H,17,18)(H,19,20)/t7-/m0/s1. The van der Waals surface area contributed by atoms with Crippen molar-refractivity contribution >= 4 is 23.4 Å². The SMILES string of the molecule is O=C(O)C(=O)CN[C@@H](Cc1ccc(O)c([N+](=O)[O-])c1)C(=O)O. The second-order valence-electron chi connectivity index (χ2n) is 4.28. The van der Waals surface area contributed by atoms with Crippen LogP contribution in [0.25, 0.3) is 0 Å². The number of ketones is 1. The van der Waals surface area contributed by atoms with Crippen LogP contribution in [0.2, 0.25) is 0 Å². The lowest BCUT2D eigenvalue weighted by atomic mass is 10.0. The molecule has 0 aliphatic rings. The van der Waals surface area contributed by atoms with Gasteiger partial charge >= 0.3 is 17.6 Å². The Bertz CT molecular complexity index is 628. The molecular formula is C12H12N2O8. The number of hydrogen-bond acceptors (Lipinski definition) is 7. The second-order valence-corrected chi connectivity index (χ2v) is 4.28. The summed E-state index contributed by atoms with van der Waals surface area (Å²) in [5.74, 6) is -4.82. The third-order valence-corrected chi connectivity index (χ3v) is 2.72. The molecule has 0 saturated heterocycles. The van der Waals surface area contributed by atoms with Crippen LogP contribution in [0.3, 0.4) is 0 Å². The Morgan fingerprint density at radius 2 is 1.91 bits per heavy atom. The summed E-state index contributed by atoms with van der Waals surface area (Å²) in [6, 6.07) is 2.03. The van der Waals surface area contributed by atoms with E-state index in [9.17, 15) is 29.6 Å². The van der Waals surface area contributed by atoms with E-state index in [1.54, 1.807) is 0 Å². The summed E-state index contributed by atoms with van der Waals surface area (Å²) in [5, 5.41) is 39.7. The molecule has 0 aliphatic heterocycles. The van der Waals surface area contributed by atoms with E-state index in [-0.39, 0.29) is 12.0 Å². The van der Waals surface area contributed by atoms with Crippen LogP contribution in [0, 0.1) is 10.1 Å². The number of rotatable bonds is 8. The van der Waals surface area contributed by atoms with Crippen molar-refractivity contribution in [3.63, 3.8) is 0 Å². The molecule has 10 heteroatoms. The number of Topliss-reactive ketones (excluding diaryl/α,β-unsaturated/α-hetero) is 1. The van der Waals surface area contributed by atoms with Crippen molar-refractivity contribution in [1.82, 2.24) is 5.32 Å². The number of nitrogens with zero attached hydrogens (tertiary/aromatic N) is 1. The summed E-state index contributed by atoms with van der Waals surface area (Å²) in [7, 11) is 0. The van der Waals surface area contributed by atoms with Crippen molar-refractivity contribution in [1.29, 1.82) is 0 Å². The number of nitro groups is 1. The van der Waals surface area contributed by atoms with Crippen LogP contribution >= 0.6 is 0 Å². The number of nitrogens with one attached hydrogen (secondary N) is 1. The maximum Gasteiger partial charge on any atom is 0.373 e. The fraction of sp³-hybridized carbons (Fsp3) is 0.250. The summed E-state index contributed by atoms with van der Waals surface area (Å²) < 4.78 is 0. The Hall–Kier alpha value is -3.01. The van der Waals surface area contributed by atoms with Crippen molar-refractivity contribution in [3.8, 4) is 5.75 Å². The molecule has 0 aromatic heterocycles. The zero-order valence-electron chi connectivity index (χ0n) is 11.1. The lowest BCUT2D eigenvalue weighted by molar-refractivity contribution is -0.385. The zero-order valence-corrected chi connectivity index (χ0v) is 11.1. The molecule has 0 unspecified atom stereocenters. The molecule has 1 atom stereocenters. The van der Waals surface area contributed by atoms with E-state index >= 15 is 0 Å². The Labute approximate surface area is 123 Å². The molecule has 0 spiro atoms. The van der Waals surface area contributed by atoms with Gasteiger partial charge in [-0.05, 0) is 18.1 Å². The molecule has 0 aliphatic carbocycles. The topological polar surface area (TPSA) is 167 Å². The predicted octanol–water partition coefficient (Wildman–Crippen LogP) is -0.461. The highest BCUT2D eigenvalue weighted by Crippen LogP contribution is 2.26. The lowest BCUT2D eigenvalue weighted by Crippen LogP contribution is -2.42. The molecule has 0 radical (unpaired) electrons. The highest BCUT2D eigenvalue weighted by Gasteiger charge is 2.22. The van der Waals surface area contributed by atoms with Gasteiger partial charge in [-0.2, -0.15) is 0 Å². The Kier molecular flexibility index (Phi) is 5.52. The summed E-state index contributed by atoms with van der Waals surface area (Å²) in [6.45, 7) is -0.688. The average Bonchev–Trinajstić information content (AvgIpc) is 2.43. The third-order valence-electron chi connectivity index (χ3n) is 2.72. The van der Waals surface area contributed by atoms with Gasteiger partial charge in [0, 0.05) is 6.07 Å². The van der Waals surface area contributed by atoms with Crippen LogP contribution in [0.4, 0.5) is 5.69 Å². The van der Waals surface area contributed by atoms with E-state index < -0.39 is 46.7 Å². The fourth-order valence-corrected chi connectivity index (χ4v) is 1.62. The fourth-order valence-electron chi connectivity index (χ4n) is 1.62. The zero-order chi connectivity index (χ0) is 16.9. The van der Waals surface area contributed by atoms with Crippen LogP contribution in [0.15, 0.2) is 18.2 Å². The molecule has 22 heavy (non-hydrogen) atoms. The van der Waals surface area contributed by atoms with Gasteiger partial charge in [0.1, 0.15) is 6.04 Å². The van der Waals surface area contributed by atoms with Gasteiger partial charge in [0.05, 0.1) is 11.5 Å². The summed E-state index contributed by atoms with van der Waals surface area (Å²) in [4.78, 5) is 42.2. The normalized spacial score (nSPS) is 11.6. The second kappa shape index (κ2) is 7.13. The number of carbonyl (C=O) groups excluding carboxylic acids is 1. The molecule has 0 bridgehead atoms. The summed E-state index contributed by atoms with van der Waals surface area (Å²) in [5.41, 5.74) is -0.351. The van der Waals surface area contributed by atoms with Gasteiger partial charge in [0.25, 0.3) is 5.78 Å². The van der Waals surface area contributed by atoms with Crippen LogP contribution in [-0.2, 0) is 20.8 Å². The minimum atomic E-state index is -1.70. The molecule has 4 N–H and O–H groups in total. The smallest absolute Gasteiger partial charge is 0.373 e. The van der Waals surface area contributed by atoms with E-state index in [2.05, 4.69) is 5.32 Å². The molecule has 1 aromatic rings. The van der Waals surface area contributed by atoms with Crippen molar-refractivity contribution in [2.75, 3.05) is 6.54 Å². The summed E-state index contributed by atoms with van der Waals surface area (Å²) >= 11 is 0. The largest absolute Gasteiger partial charge is 0.502 e. The Morgan fingerprint density at radius 1 is 1.27 bits per heavy atom. The van der Waals surface area contributed by atoms with Crippen LogP contribution in [0.5, 0.6) is 5.75 Å². The molecular weight excluding hydrogens is 300 g/mol. The number of carboxylic acid groups (broad SMARTS) is 2. The van der Waals surface area contributed by atoms with Crippen LogP contribution in [-0.4, -0.2) is 50.6 Å². The van der Waals surface area contributed by atoms with Gasteiger partial charge in [-0.15, -0.1) is 0 Å². The molecule has 10 nitrogen and oxygen atoms in total. The minimum absolute atomic E-state index is 0.229. The number of carbonyl (C=O) groups is 3. The first-order valence-corrected chi connectivity index (χ1v) is 5.91. The average molecular weight is 312 g/mol. The lowest BCUT2D eigenvalue weighted by Gasteiger charge is -2.13. The van der Waals surface area contributed by atoms with E-state index in [4.69, 9.17) is 10.2 Å². The first-order chi connectivity index (χ1) is 10.2. The molecule has 0 fully saturated rings. The minimum Gasteiger partial charge on any atom is -0.502 e. The van der Waals surface area contributed by atoms with E-state index in [1.165, 1.54) is 6.07 Å². The summed E-state index contributed by atoms with van der Waals surface area (Å²) in [6.07, 6.45) is -0.233. The van der Waals surface area contributed by atoms with Gasteiger partial charge in [-0.1, -0.05) is 6.07 Å². The molecule has 118 valence electrons. The van der Waals surface area contributed by atoms with Gasteiger partial charge in [-0.25, -0.2) is 4.79 Å². The number of nitro benzene ring substituents is 1. The number of hydrogen-bond donors (Lipinski definition) is 4. The Morgan fingerprint density at radius 3 is 2.41 bits per heavy atom. The first kappa shape index (κ1) is 17.0. The molecule has 0 amide bonds. The van der Waals surface area contributed by atoms with Crippen molar-refractivity contribution in [2.45, 2.75) is 12.5 Å². The highest BCUT2D eigenvalue weighted by molar-refractivity contribution is 6.33. The monoisotopic (exact) mass is 312 g/mol. The van der Waals surface area contributed by atoms with E-state index in [1.807, 2.05) is 0 Å². The maximum absolute atomic E-state index is 11.1. The van der Waals surface area contributed by atoms with Crippen LogP contribution < -0.4 is 5.32 Å². The van der Waals surface area contributed by atoms with E-state index in [0.29, 0.717) is 0 Å². The quantitative estimate of drug-likeness (QED) is 0.282. The Balaban J connectivity index is 2.85. The van der Waals surface area contributed by atoms with Gasteiger partial charge in [0.2, 0.25) is 0 Å². The predicted molar refractivity (Wildman–Crippen MR) is 70.5 cm³/mol. The van der Waals surface area contributed by atoms with Crippen molar-refractivity contribution in [2.24, 2.45) is 0 Å². The van der Waals surface area contributed by atoms with Gasteiger partial charge in [0.15, 0.2) is 5.75 Å². The number of benzene rings is 1. The number of phenolic OH excluding ortho intramolecular Hbond substituents is 1. The number of aromatic hydroxyl groups is 1. The maximum atomic E-state index is 11.1. The third kappa shape index (κ3) is 4.52. The number of aliphatic carboxylic acids is 2. The molecule has 1 rings (SSSR count). The van der Waals surface area contributed by atoms with Gasteiger partial charge < -0.3 is 15.3 Å². The number of carboxylic acids is 2. The van der Waals surface area contributed by atoms with Crippen molar-refractivity contribution < 1.29 is 34.6 Å². The molecule has 0 saturated carbocycles. The number of phenols is 1. The van der Waals surface area contributed by atoms with E-state index in [0.717, 1.165) is 12.1 Å². The molecule has 1 aromatic carbocycles. The highest BCUT2D eigenvalue weighted by atomic mass is 16.6. The van der Waals surface area contributed by atoms with Crippen LogP contribution in [0.1, 0.15) is 5.56 Å². The molecule has 0 heterocycles.